The molecule has 1 amide bonds. The summed E-state index contributed by atoms with van der Waals surface area (Å²) in [4.78, 5) is 27.9. The van der Waals surface area contributed by atoms with E-state index < -0.39 is 0 Å². The number of hydrogen-bond acceptors (Lipinski definition) is 8. The Morgan fingerprint density at radius 3 is 2.77 bits per heavy atom. The Morgan fingerprint density at radius 2 is 2.00 bits per heavy atom. The normalized spacial score (nSPS) is 21.7. The highest BCUT2D eigenvalue weighted by Crippen LogP contribution is 2.31. The van der Waals surface area contributed by atoms with E-state index in [1.165, 1.54) is 11.3 Å². The third-order valence-corrected chi connectivity index (χ3v) is 6.57. The molecule has 3 aromatic heterocycles. The maximum absolute atomic E-state index is 12.3. The lowest BCUT2D eigenvalue weighted by molar-refractivity contribution is 0.0891. The number of ether oxygens (including phenoxy) is 2. The highest BCUT2D eigenvalue weighted by Gasteiger charge is 2.26. The lowest BCUT2D eigenvalue weighted by atomic mass is 9.93. The average molecular weight is 440 g/mol. The molecule has 162 valence electrons. The number of anilines is 1. The van der Waals surface area contributed by atoms with Crippen LogP contribution >= 0.6 is 11.3 Å². The summed E-state index contributed by atoms with van der Waals surface area (Å²) in [6.07, 6.45) is 7.01. The number of carbonyl (C=O) groups is 1. The zero-order valence-corrected chi connectivity index (χ0v) is 18.0. The second kappa shape index (κ2) is 9.15. The van der Waals surface area contributed by atoms with E-state index in [0.29, 0.717) is 24.1 Å². The van der Waals surface area contributed by atoms with Gasteiger partial charge in [0, 0.05) is 43.0 Å². The van der Waals surface area contributed by atoms with Crippen molar-refractivity contribution >= 4 is 34.0 Å². The molecule has 1 aliphatic heterocycles. The van der Waals surface area contributed by atoms with Crippen molar-refractivity contribution in [3.63, 3.8) is 0 Å². The summed E-state index contributed by atoms with van der Waals surface area (Å²) >= 11 is 1.36. The van der Waals surface area contributed by atoms with Gasteiger partial charge in [-0.1, -0.05) is 0 Å². The number of amides is 1. The number of rotatable bonds is 5. The van der Waals surface area contributed by atoms with Crippen LogP contribution in [-0.4, -0.2) is 59.3 Å². The van der Waals surface area contributed by atoms with Gasteiger partial charge < -0.3 is 19.7 Å². The third-order valence-electron chi connectivity index (χ3n) is 5.80. The van der Waals surface area contributed by atoms with Crippen LogP contribution in [0.2, 0.25) is 0 Å². The van der Waals surface area contributed by atoms with Crippen LogP contribution < -0.4 is 15.0 Å². The van der Waals surface area contributed by atoms with Gasteiger partial charge in [0.1, 0.15) is 11.9 Å². The average Bonchev–Trinajstić information content (AvgIpc) is 3.36. The fourth-order valence-corrected chi connectivity index (χ4v) is 4.68. The molecule has 1 saturated carbocycles. The van der Waals surface area contributed by atoms with Crippen LogP contribution in [0, 0.1) is 0 Å². The standard InChI is InChI=1S/C22H25N5O3S/c28-20(22-24-8-13-31-22)25-15-3-5-16(6-4-15)30-21-17-2-1-7-23-18(17)14-19(26-21)27-9-11-29-12-10-27/h1-2,7-8,13-16H,3-6,9-12H2,(H,25,28). The summed E-state index contributed by atoms with van der Waals surface area (Å²) in [6.45, 7) is 3.03. The molecule has 0 spiro atoms. The number of morpholine rings is 1. The smallest absolute Gasteiger partial charge is 0.280 e. The minimum absolute atomic E-state index is 0.0730. The predicted octanol–water partition coefficient (Wildman–Crippen LogP) is 3.04. The van der Waals surface area contributed by atoms with E-state index in [9.17, 15) is 4.79 Å². The molecule has 5 rings (SSSR count). The van der Waals surface area contributed by atoms with Crippen LogP contribution in [0.3, 0.4) is 0 Å². The van der Waals surface area contributed by atoms with Gasteiger partial charge in [0.15, 0.2) is 5.01 Å². The van der Waals surface area contributed by atoms with E-state index in [1.807, 2.05) is 23.6 Å². The molecule has 3 aromatic rings. The summed E-state index contributed by atoms with van der Waals surface area (Å²) in [7, 11) is 0. The number of fused-ring (bicyclic) bond motifs is 1. The van der Waals surface area contributed by atoms with Gasteiger partial charge in [0.25, 0.3) is 5.91 Å². The molecular weight excluding hydrogens is 414 g/mol. The van der Waals surface area contributed by atoms with Crippen LogP contribution in [-0.2, 0) is 4.74 Å². The topological polar surface area (TPSA) is 89.5 Å². The van der Waals surface area contributed by atoms with Gasteiger partial charge >= 0.3 is 0 Å². The van der Waals surface area contributed by atoms with E-state index in [2.05, 4.69) is 20.2 Å². The second-order valence-corrected chi connectivity index (χ2v) is 8.75. The lowest BCUT2D eigenvalue weighted by Gasteiger charge is -2.30. The zero-order chi connectivity index (χ0) is 21.0. The minimum Gasteiger partial charge on any atom is -0.474 e. The molecule has 31 heavy (non-hydrogen) atoms. The molecule has 0 unspecified atom stereocenters. The monoisotopic (exact) mass is 439 g/mol. The number of hydrogen-bond donors (Lipinski definition) is 1. The van der Waals surface area contributed by atoms with Gasteiger partial charge in [-0.3, -0.25) is 9.78 Å². The first kappa shape index (κ1) is 20.1. The van der Waals surface area contributed by atoms with Crippen LogP contribution in [0.5, 0.6) is 5.88 Å². The van der Waals surface area contributed by atoms with Crippen molar-refractivity contribution < 1.29 is 14.3 Å². The van der Waals surface area contributed by atoms with Crippen molar-refractivity contribution in [3.8, 4) is 5.88 Å². The maximum atomic E-state index is 12.3. The zero-order valence-electron chi connectivity index (χ0n) is 17.2. The minimum atomic E-state index is -0.0867. The van der Waals surface area contributed by atoms with E-state index in [1.54, 1.807) is 12.4 Å². The van der Waals surface area contributed by atoms with Crippen molar-refractivity contribution in [3.05, 3.63) is 41.0 Å². The Morgan fingerprint density at radius 1 is 1.16 bits per heavy atom. The van der Waals surface area contributed by atoms with E-state index in [-0.39, 0.29) is 18.1 Å². The first-order valence-corrected chi connectivity index (χ1v) is 11.6. The van der Waals surface area contributed by atoms with Gasteiger partial charge in [-0.15, -0.1) is 11.3 Å². The van der Waals surface area contributed by atoms with E-state index in [0.717, 1.165) is 55.5 Å². The Bertz CT molecular complexity index is 1030. The highest BCUT2D eigenvalue weighted by atomic mass is 32.1. The van der Waals surface area contributed by atoms with Crippen LogP contribution in [0.4, 0.5) is 5.82 Å². The summed E-state index contributed by atoms with van der Waals surface area (Å²) in [5, 5.41) is 6.36. The van der Waals surface area contributed by atoms with E-state index in [4.69, 9.17) is 14.5 Å². The quantitative estimate of drug-likeness (QED) is 0.654. The maximum Gasteiger partial charge on any atom is 0.280 e. The van der Waals surface area contributed by atoms with Gasteiger partial charge in [-0.2, -0.15) is 4.98 Å². The third kappa shape index (κ3) is 4.62. The molecule has 8 nitrogen and oxygen atoms in total. The number of pyridine rings is 2. The van der Waals surface area contributed by atoms with Crippen LogP contribution in [0.1, 0.15) is 35.5 Å². The molecular formula is C22H25N5O3S. The van der Waals surface area contributed by atoms with Crippen molar-refractivity contribution in [2.24, 2.45) is 0 Å². The molecule has 1 saturated heterocycles. The Labute approximate surface area is 184 Å². The Balaban J connectivity index is 1.26. The molecule has 9 heteroatoms. The fraction of sp³-hybridized carbons (Fsp3) is 0.455. The van der Waals surface area contributed by atoms with Gasteiger partial charge in [-0.25, -0.2) is 4.98 Å². The van der Waals surface area contributed by atoms with Crippen molar-refractivity contribution in [2.45, 2.75) is 37.8 Å². The van der Waals surface area contributed by atoms with Crippen molar-refractivity contribution in [2.75, 3.05) is 31.2 Å². The summed E-state index contributed by atoms with van der Waals surface area (Å²) in [6, 6.07) is 6.10. The molecule has 1 aliphatic carbocycles. The summed E-state index contributed by atoms with van der Waals surface area (Å²) in [5.41, 5.74) is 0.887. The molecule has 4 heterocycles. The first-order chi connectivity index (χ1) is 15.3. The number of nitrogens with zero attached hydrogens (tertiary/aromatic N) is 4. The molecule has 0 atom stereocenters. The van der Waals surface area contributed by atoms with Gasteiger partial charge in [-0.05, 0) is 37.8 Å². The number of aromatic nitrogens is 3. The number of nitrogens with one attached hydrogen (secondary N) is 1. The van der Waals surface area contributed by atoms with Gasteiger partial charge in [0.05, 0.1) is 24.1 Å². The molecule has 0 aromatic carbocycles. The first-order valence-electron chi connectivity index (χ1n) is 10.7. The largest absolute Gasteiger partial charge is 0.474 e. The predicted molar refractivity (Wildman–Crippen MR) is 119 cm³/mol. The Kier molecular flexibility index (Phi) is 5.95. The Hall–Kier alpha value is -2.78. The van der Waals surface area contributed by atoms with E-state index >= 15 is 0 Å². The van der Waals surface area contributed by atoms with Crippen LogP contribution in [0.25, 0.3) is 10.9 Å². The number of carbonyl (C=O) groups excluding carboxylic acids is 1. The molecule has 2 aliphatic rings. The fourth-order valence-electron chi connectivity index (χ4n) is 4.14. The summed E-state index contributed by atoms with van der Waals surface area (Å²) < 4.78 is 11.9. The number of thiazole rings is 1. The molecule has 2 fully saturated rings. The second-order valence-electron chi connectivity index (χ2n) is 7.86. The van der Waals surface area contributed by atoms with Crippen LogP contribution in [0.15, 0.2) is 36.0 Å². The van der Waals surface area contributed by atoms with Crippen molar-refractivity contribution in [1.82, 2.24) is 20.3 Å². The van der Waals surface area contributed by atoms with Gasteiger partial charge in [0.2, 0.25) is 5.88 Å². The van der Waals surface area contributed by atoms with Crippen molar-refractivity contribution in [1.29, 1.82) is 0 Å². The molecule has 0 radical (unpaired) electrons. The highest BCUT2D eigenvalue weighted by molar-refractivity contribution is 7.11. The summed E-state index contributed by atoms with van der Waals surface area (Å²) in [5.74, 6) is 1.44. The SMILES string of the molecule is O=C(NC1CCC(Oc2nc(N3CCOCC3)cc3ncccc23)CC1)c1nccs1. The molecule has 1 N–H and O–H groups in total. The lowest BCUT2D eigenvalue weighted by Crippen LogP contribution is -2.39. The molecule has 0 bridgehead atoms.